The number of allylic oxidation sites excluding steroid dienone is 2. The molecule has 170 valence electrons. The zero-order valence-electron chi connectivity index (χ0n) is 18.9. The van der Waals surface area contributed by atoms with Gasteiger partial charge in [-0.2, -0.15) is 4.98 Å². The van der Waals surface area contributed by atoms with Crippen LogP contribution in [0.4, 0.5) is 5.95 Å². The maximum Gasteiger partial charge on any atom is 0.332 e. The standard InChI is InChI=1S/C23H30N6O3/c1-17(2)9-12-28-19-20(25-22(28)27-13-10-24-11-14-27)26(3)23(31)29(21(19)30)15-16-32-18-7-5-4-6-8-18/h4-9,24H,10-16H2,1-3H3. The number of anilines is 1. The van der Waals surface area contributed by atoms with E-state index in [1.54, 1.807) is 7.05 Å². The third-order valence-electron chi connectivity index (χ3n) is 5.62. The number of nitrogens with one attached hydrogen (secondary N) is 1. The Morgan fingerprint density at radius 1 is 1.12 bits per heavy atom. The molecule has 32 heavy (non-hydrogen) atoms. The van der Waals surface area contributed by atoms with Crippen molar-refractivity contribution in [1.82, 2.24) is 24.0 Å². The van der Waals surface area contributed by atoms with Gasteiger partial charge < -0.3 is 19.5 Å². The van der Waals surface area contributed by atoms with Gasteiger partial charge in [-0.1, -0.05) is 29.8 Å². The highest BCUT2D eigenvalue weighted by molar-refractivity contribution is 5.74. The maximum absolute atomic E-state index is 13.5. The van der Waals surface area contributed by atoms with Crippen molar-refractivity contribution >= 4 is 17.1 Å². The molecule has 0 aliphatic carbocycles. The lowest BCUT2D eigenvalue weighted by atomic mass is 10.3. The summed E-state index contributed by atoms with van der Waals surface area (Å²) < 4.78 is 10.4. The Labute approximate surface area is 186 Å². The van der Waals surface area contributed by atoms with Crippen LogP contribution >= 0.6 is 0 Å². The van der Waals surface area contributed by atoms with Crippen LogP contribution in [-0.4, -0.2) is 51.5 Å². The van der Waals surface area contributed by atoms with Crippen molar-refractivity contribution in [2.24, 2.45) is 7.05 Å². The first-order valence-corrected chi connectivity index (χ1v) is 10.9. The van der Waals surface area contributed by atoms with Gasteiger partial charge in [0.05, 0.1) is 6.54 Å². The minimum atomic E-state index is -0.391. The molecule has 3 aromatic rings. The molecule has 1 N–H and O–H groups in total. The zero-order valence-corrected chi connectivity index (χ0v) is 18.9. The molecule has 1 saturated heterocycles. The van der Waals surface area contributed by atoms with Gasteiger partial charge in [-0.3, -0.25) is 13.9 Å². The molecule has 0 saturated carbocycles. The Bertz CT molecular complexity index is 1230. The maximum atomic E-state index is 13.5. The smallest absolute Gasteiger partial charge is 0.332 e. The number of benzene rings is 1. The second-order valence-electron chi connectivity index (χ2n) is 8.17. The summed E-state index contributed by atoms with van der Waals surface area (Å²) in [4.78, 5) is 33.4. The molecule has 0 bridgehead atoms. The van der Waals surface area contributed by atoms with Gasteiger partial charge in [-0.25, -0.2) is 4.79 Å². The van der Waals surface area contributed by atoms with Crippen LogP contribution in [0.3, 0.4) is 0 Å². The first-order valence-electron chi connectivity index (χ1n) is 10.9. The normalized spacial score (nSPS) is 14.0. The molecule has 0 unspecified atom stereocenters. The number of para-hydroxylation sites is 1. The van der Waals surface area contributed by atoms with E-state index < -0.39 is 5.69 Å². The van der Waals surface area contributed by atoms with Gasteiger partial charge in [0.2, 0.25) is 5.95 Å². The summed E-state index contributed by atoms with van der Waals surface area (Å²) in [6, 6.07) is 9.36. The van der Waals surface area contributed by atoms with Crippen LogP contribution < -0.4 is 26.2 Å². The Morgan fingerprint density at radius 2 is 1.84 bits per heavy atom. The fourth-order valence-corrected chi connectivity index (χ4v) is 3.88. The lowest BCUT2D eigenvalue weighted by molar-refractivity contribution is 0.292. The topological polar surface area (TPSA) is 86.3 Å². The van der Waals surface area contributed by atoms with Crippen LogP contribution in [0.5, 0.6) is 5.75 Å². The SMILES string of the molecule is CC(C)=CCn1c(N2CCNCC2)nc2c1c(=O)n(CCOc1ccccc1)c(=O)n2C. The number of hydrogen-bond acceptors (Lipinski definition) is 6. The monoisotopic (exact) mass is 438 g/mol. The highest BCUT2D eigenvalue weighted by Gasteiger charge is 2.24. The van der Waals surface area contributed by atoms with E-state index in [2.05, 4.69) is 16.3 Å². The number of aromatic nitrogens is 4. The number of rotatable bonds is 7. The van der Waals surface area contributed by atoms with Crippen molar-refractivity contribution in [2.75, 3.05) is 37.7 Å². The third kappa shape index (κ3) is 4.34. The van der Waals surface area contributed by atoms with E-state index in [9.17, 15) is 9.59 Å². The molecule has 0 radical (unpaired) electrons. The second-order valence-corrected chi connectivity index (χ2v) is 8.17. The summed E-state index contributed by atoms with van der Waals surface area (Å²) in [6.45, 7) is 8.25. The van der Waals surface area contributed by atoms with Crippen molar-refractivity contribution in [3.05, 3.63) is 62.8 Å². The van der Waals surface area contributed by atoms with Crippen molar-refractivity contribution in [3.63, 3.8) is 0 Å². The van der Waals surface area contributed by atoms with Crippen molar-refractivity contribution < 1.29 is 4.74 Å². The van der Waals surface area contributed by atoms with Crippen LogP contribution in [0, 0.1) is 0 Å². The molecule has 1 aromatic carbocycles. The average molecular weight is 439 g/mol. The van der Waals surface area contributed by atoms with E-state index in [-0.39, 0.29) is 18.7 Å². The van der Waals surface area contributed by atoms with E-state index in [0.717, 1.165) is 37.7 Å². The molecule has 1 aliphatic rings. The molecule has 0 amide bonds. The summed E-state index contributed by atoms with van der Waals surface area (Å²) in [5.74, 6) is 1.43. The lowest BCUT2D eigenvalue weighted by Crippen LogP contribution is -2.44. The largest absolute Gasteiger partial charge is 0.492 e. The summed E-state index contributed by atoms with van der Waals surface area (Å²) in [6.07, 6.45) is 2.07. The molecular formula is C23H30N6O3. The Morgan fingerprint density at radius 3 is 2.53 bits per heavy atom. The molecule has 1 aliphatic heterocycles. The van der Waals surface area contributed by atoms with Crippen molar-refractivity contribution in [3.8, 4) is 5.75 Å². The summed E-state index contributed by atoms with van der Waals surface area (Å²) in [5, 5.41) is 3.34. The van der Waals surface area contributed by atoms with Crippen molar-refractivity contribution in [2.45, 2.75) is 26.9 Å². The van der Waals surface area contributed by atoms with E-state index in [1.807, 2.05) is 48.7 Å². The zero-order chi connectivity index (χ0) is 22.7. The average Bonchev–Trinajstić information content (AvgIpc) is 3.19. The first kappa shape index (κ1) is 21.9. The van der Waals surface area contributed by atoms with Gasteiger partial charge in [0.1, 0.15) is 12.4 Å². The fraction of sp³-hybridized carbons (Fsp3) is 0.435. The van der Waals surface area contributed by atoms with Gasteiger partial charge in [0, 0.05) is 39.8 Å². The van der Waals surface area contributed by atoms with E-state index in [1.165, 1.54) is 9.13 Å². The third-order valence-corrected chi connectivity index (χ3v) is 5.62. The molecule has 0 atom stereocenters. The predicted molar refractivity (Wildman–Crippen MR) is 126 cm³/mol. The fourth-order valence-electron chi connectivity index (χ4n) is 3.88. The number of nitrogens with zero attached hydrogens (tertiary/aromatic N) is 5. The highest BCUT2D eigenvalue weighted by atomic mass is 16.5. The second kappa shape index (κ2) is 9.44. The molecule has 1 fully saturated rings. The van der Waals surface area contributed by atoms with Gasteiger partial charge in [-0.05, 0) is 26.0 Å². The van der Waals surface area contributed by atoms with Crippen LogP contribution in [-0.2, 0) is 20.1 Å². The summed E-state index contributed by atoms with van der Waals surface area (Å²) in [5.41, 5.74) is 1.28. The molecule has 4 rings (SSSR count). The van der Waals surface area contributed by atoms with Crippen LogP contribution in [0.1, 0.15) is 13.8 Å². The highest BCUT2D eigenvalue weighted by Crippen LogP contribution is 2.20. The number of ether oxygens (including phenoxy) is 1. The van der Waals surface area contributed by atoms with E-state index in [0.29, 0.717) is 23.5 Å². The number of aryl methyl sites for hydroxylation is 1. The van der Waals surface area contributed by atoms with Crippen molar-refractivity contribution in [1.29, 1.82) is 0 Å². The summed E-state index contributed by atoms with van der Waals surface area (Å²) in [7, 11) is 1.67. The lowest BCUT2D eigenvalue weighted by Gasteiger charge is -2.28. The van der Waals surface area contributed by atoms with Crippen LogP contribution in [0.15, 0.2) is 51.6 Å². The molecule has 9 nitrogen and oxygen atoms in total. The number of piperazine rings is 1. The van der Waals surface area contributed by atoms with Crippen LogP contribution in [0.25, 0.3) is 11.2 Å². The Hall–Kier alpha value is -3.33. The van der Waals surface area contributed by atoms with Crippen LogP contribution in [0.2, 0.25) is 0 Å². The van der Waals surface area contributed by atoms with E-state index in [4.69, 9.17) is 9.72 Å². The first-order chi connectivity index (χ1) is 15.5. The molecule has 9 heteroatoms. The number of imidazole rings is 1. The molecular weight excluding hydrogens is 408 g/mol. The van der Waals surface area contributed by atoms with Gasteiger partial charge in [0.15, 0.2) is 11.2 Å². The van der Waals surface area contributed by atoms with E-state index >= 15 is 0 Å². The molecule has 0 spiro atoms. The number of hydrogen-bond donors (Lipinski definition) is 1. The summed E-state index contributed by atoms with van der Waals surface area (Å²) >= 11 is 0. The predicted octanol–water partition coefficient (Wildman–Crippen LogP) is 1.35. The van der Waals surface area contributed by atoms with Gasteiger partial charge >= 0.3 is 5.69 Å². The van der Waals surface area contributed by atoms with Gasteiger partial charge in [-0.15, -0.1) is 0 Å². The van der Waals surface area contributed by atoms with Gasteiger partial charge in [0.25, 0.3) is 5.56 Å². The Kier molecular flexibility index (Phi) is 6.45. The number of fused-ring (bicyclic) bond motifs is 1. The molecule has 3 heterocycles. The molecule has 2 aromatic heterocycles. The minimum Gasteiger partial charge on any atom is -0.492 e. The quantitative estimate of drug-likeness (QED) is 0.561. The minimum absolute atomic E-state index is 0.160. The Balaban J connectivity index is 1.77.